The summed E-state index contributed by atoms with van der Waals surface area (Å²) in [5.74, 6) is 0.0485. The second kappa shape index (κ2) is 8.60. The van der Waals surface area contributed by atoms with Crippen molar-refractivity contribution in [3.63, 3.8) is 0 Å². The van der Waals surface area contributed by atoms with Crippen molar-refractivity contribution in [2.24, 2.45) is 0 Å². The van der Waals surface area contributed by atoms with Gasteiger partial charge in [0.05, 0.1) is 12.2 Å². The molecule has 1 saturated heterocycles. The number of nitrogens with zero attached hydrogens (tertiary/aromatic N) is 2. The van der Waals surface area contributed by atoms with Crippen LogP contribution >= 0.6 is 0 Å². The van der Waals surface area contributed by atoms with Gasteiger partial charge >= 0.3 is 0 Å². The normalized spacial score (nSPS) is 24.6. The lowest BCUT2D eigenvalue weighted by Crippen LogP contribution is -2.52. The Labute approximate surface area is 146 Å². The molecule has 134 valence electrons. The number of rotatable bonds is 6. The Bertz CT molecular complexity index is 511. The Morgan fingerprint density at radius 1 is 1.25 bits per heavy atom. The van der Waals surface area contributed by atoms with Crippen LogP contribution in [-0.4, -0.2) is 67.7 Å². The highest BCUT2D eigenvalue weighted by Crippen LogP contribution is 2.18. The van der Waals surface area contributed by atoms with Gasteiger partial charge in [0.25, 0.3) is 0 Å². The van der Waals surface area contributed by atoms with Crippen molar-refractivity contribution < 1.29 is 9.53 Å². The average Bonchev–Trinajstić information content (AvgIpc) is 2.52. The average molecular weight is 333 g/mol. The highest BCUT2D eigenvalue weighted by molar-refractivity contribution is 5.83. The van der Waals surface area contributed by atoms with Gasteiger partial charge in [0.15, 0.2) is 0 Å². The molecular weight excluding hydrogens is 302 g/mol. The van der Waals surface area contributed by atoms with Crippen LogP contribution in [0.2, 0.25) is 0 Å². The van der Waals surface area contributed by atoms with E-state index in [1.54, 1.807) is 0 Å². The predicted molar refractivity (Wildman–Crippen MR) is 96.9 cm³/mol. The number of ether oxygens (including phenoxy) is 1. The van der Waals surface area contributed by atoms with Crippen LogP contribution in [0.25, 0.3) is 0 Å². The Kier molecular flexibility index (Phi) is 6.78. The molecule has 1 fully saturated rings. The molecule has 0 spiro atoms. The summed E-state index contributed by atoms with van der Waals surface area (Å²) >= 11 is 0. The Morgan fingerprint density at radius 3 is 2.38 bits per heavy atom. The molecule has 0 bridgehead atoms. The highest BCUT2D eigenvalue weighted by atomic mass is 16.5. The third-order valence-corrected chi connectivity index (χ3v) is 4.52. The molecule has 0 radical (unpaired) electrons. The number of carbonyl (C=O) groups excluding carboxylic acids is 1. The summed E-state index contributed by atoms with van der Waals surface area (Å²) in [5.41, 5.74) is 1.02. The maximum Gasteiger partial charge on any atom is 0.241 e. The zero-order valence-corrected chi connectivity index (χ0v) is 15.5. The Balaban J connectivity index is 1.93. The van der Waals surface area contributed by atoms with Gasteiger partial charge in [-0.1, -0.05) is 30.3 Å². The Hall–Kier alpha value is -1.43. The number of nitrogens with one attached hydrogen (secondary N) is 1. The Morgan fingerprint density at radius 2 is 1.83 bits per heavy atom. The molecule has 1 heterocycles. The molecule has 1 N–H and O–H groups in total. The molecular formula is C19H31N3O2. The summed E-state index contributed by atoms with van der Waals surface area (Å²) in [6.45, 7) is 8.85. The number of likely N-dealkylation sites (N-methyl/N-ethyl adjacent to an activating group) is 1. The SMILES string of the molecule is CC1CN(C(C)CNC(=O)C(c2ccccc2)N(C)C)CC(C)O1. The number of amides is 1. The molecule has 1 amide bonds. The largest absolute Gasteiger partial charge is 0.373 e. The van der Waals surface area contributed by atoms with Crippen molar-refractivity contribution in [1.29, 1.82) is 0 Å². The number of hydrogen-bond donors (Lipinski definition) is 1. The minimum atomic E-state index is -0.263. The van der Waals surface area contributed by atoms with Gasteiger partial charge in [0, 0.05) is 25.7 Å². The molecule has 0 aliphatic carbocycles. The fourth-order valence-electron chi connectivity index (χ4n) is 3.37. The van der Waals surface area contributed by atoms with Gasteiger partial charge in [-0.25, -0.2) is 0 Å². The van der Waals surface area contributed by atoms with E-state index in [0.29, 0.717) is 12.6 Å². The lowest BCUT2D eigenvalue weighted by molar-refractivity contribution is -0.126. The minimum absolute atomic E-state index is 0.0485. The summed E-state index contributed by atoms with van der Waals surface area (Å²) in [7, 11) is 3.87. The van der Waals surface area contributed by atoms with Crippen molar-refractivity contribution in [2.45, 2.75) is 45.1 Å². The van der Waals surface area contributed by atoms with E-state index in [1.807, 2.05) is 49.3 Å². The third-order valence-electron chi connectivity index (χ3n) is 4.52. The van der Waals surface area contributed by atoms with Crippen molar-refractivity contribution >= 4 is 5.91 Å². The first-order chi connectivity index (χ1) is 11.4. The van der Waals surface area contributed by atoms with E-state index in [1.165, 1.54) is 0 Å². The van der Waals surface area contributed by atoms with Gasteiger partial charge in [-0.05, 0) is 40.4 Å². The van der Waals surface area contributed by atoms with Crippen LogP contribution in [0, 0.1) is 0 Å². The van der Waals surface area contributed by atoms with Gasteiger partial charge in [-0.2, -0.15) is 0 Å². The van der Waals surface area contributed by atoms with Gasteiger partial charge in [-0.3, -0.25) is 14.6 Å². The smallest absolute Gasteiger partial charge is 0.241 e. The zero-order chi connectivity index (χ0) is 17.7. The van der Waals surface area contributed by atoms with E-state index in [9.17, 15) is 4.79 Å². The van der Waals surface area contributed by atoms with Crippen molar-refractivity contribution in [1.82, 2.24) is 15.1 Å². The quantitative estimate of drug-likeness (QED) is 0.864. The summed E-state index contributed by atoms with van der Waals surface area (Å²) in [6, 6.07) is 9.94. The fraction of sp³-hybridized carbons (Fsp3) is 0.632. The van der Waals surface area contributed by atoms with Crippen LogP contribution in [0.4, 0.5) is 0 Å². The van der Waals surface area contributed by atoms with Crippen molar-refractivity contribution in [3.8, 4) is 0 Å². The molecule has 0 saturated carbocycles. The fourth-order valence-corrected chi connectivity index (χ4v) is 3.37. The van der Waals surface area contributed by atoms with E-state index >= 15 is 0 Å². The first-order valence-corrected chi connectivity index (χ1v) is 8.77. The van der Waals surface area contributed by atoms with Crippen LogP contribution in [0.3, 0.4) is 0 Å². The third kappa shape index (κ3) is 5.03. The van der Waals surface area contributed by atoms with Gasteiger partial charge in [0.2, 0.25) is 5.91 Å². The number of hydrogen-bond acceptors (Lipinski definition) is 4. The first-order valence-electron chi connectivity index (χ1n) is 8.77. The van der Waals surface area contributed by atoms with Gasteiger partial charge in [0.1, 0.15) is 6.04 Å². The highest BCUT2D eigenvalue weighted by Gasteiger charge is 2.27. The van der Waals surface area contributed by atoms with Crippen LogP contribution < -0.4 is 5.32 Å². The maximum atomic E-state index is 12.7. The van der Waals surface area contributed by atoms with E-state index in [-0.39, 0.29) is 24.2 Å². The zero-order valence-electron chi connectivity index (χ0n) is 15.5. The first kappa shape index (κ1) is 18.9. The van der Waals surface area contributed by atoms with Crippen LogP contribution in [0.15, 0.2) is 30.3 Å². The molecule has 1 aliphatic heterocycles. The lowest BCUT2D eigenvalue weighted by atomic mass is 10.1. The molecule has 24 heavy (non-hydrogen) atoms. The van der Waals surface area contributed by atoms with Crippen LogP contribution in [-0.2, 0) is 9.53 Å². The number of benzene rings is 1. The van der Waals surface area contributed by atoms with Crippen LogP contribution in [0.5, 0.6) is 0 Å². The van der Waals surface area contributed by atoms with Gasteiger partial charge < -0.3 is 10.1 Å². The molecule has 4 unspecified atom stereocenters. The lowest BCUT2D eigenvalue weighted by Gasteiger charge is -2.39. The summed E-state index contributed by atoms with van der Waals surface area (Å²) in [4.78, 5) is 17.1. The standard InChI is InChI=1S/C19H31N3O2/c1-14(22-12-15(2)24-16(3)13-22)11-20-19(23)18(21(4)5)17-9-7-6-8-10-17/h6-10,14-16,18H,11-13H2,1-5H3,(H,20,23). The predicted octanol–water partition coefficient (Wildman–Crippen LogP) is 1.90. The summed E-state index contributed by atoms with van der Waals surface area (Å²) < 4.78 is 5.78. The van der Waals surface area contributed by atoms with Crippen molar-refractivity contribution in [3.05, 3.63) is 35.9 Å². The molecule has 1 aromatic rings. The van der Waals surface area contributed by atoms with E-state index in [2.05, 4.69) is 31.0 Å². The molecule has 5 nitrogen and oxygen atoms in total. The second-order valence-electron chi connectivity index (χ2n) is 7.08. The van der Waals surface area contributed by atoms with Gasteiger partial charge in [-0.15, -0.1) is 0 Å². The molecule has 4 atom stereocenters. The molecule has 0 aromatic heterocycles. The summed E-state index contributed by atoms with van der Waals surface area (Å²) in [5, 5.41) is 3.13. The maximum absolute atomic E-state index is 12.7. The van der Waals surface area contributed by atoms with E-state index in [0.717, 1.165) is 18.7 Å². The molecule has 2 rings (SSSR count). The van der Waals surface area contributed by atoms with Crippen LogP contribution in [0.1, 0.15) is 32.4 Å². The number of carbonyl (C=O) groups is 1. The minimum Gasteiger partial charge on any atom is -0.373 e. The topological polar surface area (TPSA) is 44.8 Å². The molecule has 1 aromatic carbocycles. The molecule has 5 heteroatoms. The second-order valence-corrected chi connectivity index (χ2v) is 7.08. The van der Waals surface area contributed by atoms with Crippen molar-refractivity contribution in [2.75, 3.05) is 33.7 Å². The van der Waals surface area contributed by atoms with E-state index in [4.69, 9.17) is 4.74 Å². The summed E-state index contributed by atoms with van der Waals surface area (Å²) in [6.07, 6.45) is 0.483. The monoisotopic (exact) mass is 333 g/mol. The van der Waals surface area contributed by atoms with E-state index < -0.39 is 0 Å². The molecule has 1 aliphatic rings. The number of morpholine rings is 1.